The normalized spacial score (nSPS) is 10.6. The smallest absolute Gasteiger partial charge is 0.243 e. The van der Waals surface area contributed by atoms with E-state index in [0.717, 1.165) is 35.7 Å². The molecule has 0 aliphatic heterocycles. The number of unbranched alkanes of at least 4 members (excludes halogenated alkanes) is 3. The monoisotopic (exact) mass is 448 g/mol. The predicted octanol–water partition coefficient (Wildman–Crippen LogP) is 4.20. The third-order valence-electron chi connectivity index (χ3n) is 5.19. The maximum atomic E-state index is 12.5. The molecule has 4 N–H and O–H groups in total. The number of hydrogen-bond donors (Lipinski definition) is 4. The van der Waals surface area contributed by atoms with Crippen LogP contribution in [-0.2, 0) is 20.8 Å². The van der Waals surface area contributed by atoms with Crippen LogP contribution in [0.1, 0.15) is 44.1 Å². The van der Waals surface area contributed by atoms with Gasteiger partial charge in [0.05, 0.1) is 17.6 Å². The fourth-order valence-electron chi connectivity index (χ4n) is 3.49. The van der Waals surface area contributed by atoms with Crippen LogP contribution in [0.15, 0.2) is 60.8 Å². The first-order valence-electron chi connectivity index (χ1n) is 11.0. The fraction of sp³-hybridized carbons (Fsp3) is 0.280. The highest BCUT2D eigenvalue weighted by Crippen LogP contribution is 2.21. The van der Waals surface area contributed by atoms with Gasteiger partial charge in [-0.25, -0.2) is 5.48 Å². The number of carbonyl (C=O) groups excluding carboxylic acids is 3. The van der Waals surface area contributed by atoms with Gasteiger partial charge in [0, 0.05) is 30.1 Å². The molecular weight excluding hydrogens is 420 g/mol. The van der Waals surface area contributed by atoms with Gasteiger partial charge < -0.3 is 10.6 Å². The van der Waals surface area contributed by atoms with Gasteiger partial charge >= 0.3 is 0 Å². The van der Waals surface area contributed by atoms with Gasteiger partial charge in [-0.3, -0.25) is 24.6 Å². The number of hydroxylamine groups is 1. The minimum atomic E-state index is -0.390. The first-order chi connectivity index (χ1) is 16.0. The maximum absolute atomic E-state index is 12.5. The van der Waals surface area contributed by atoms with Crippen LogP contribution in [-0.4, -0.2) is 27.9 Å². The number of hydrogen-bond acceptors (Lipinski definition) is 5. The number of anilines is 2. The Labute approximate surface area is 192 Å². The molecule has 0 aliphatic rings. The van der Waals surface area contributed by atoms with E-state index in [4.69, 9.17) is 5.21 Å². The summed E-state index contributed by atoms with van der Waals surface area (Å²) in [5.74, 6) is -0.599. The molecular formula is C25H28N4O4. The SMILES string of the molecule is O=C(CCCCCCC(=O)Nc1ccc(CC(=O)Nc2cccc3cccnc23)cc1)NO. The number of nitrogens with zero attached hydrogens (tertiary/aromatic N) is 1. The van der Waals surface area contributed by atoms with Crippen molar-refractivity contribution in [2.24, 2.45) is 0 Å². The van der Waals surface area contributed by atoms with Crippen molar-refractivity contribution < 1.29 is 19.6 Å². The van der Waals surface area contributed by atoms with Crippen LogP contribution in [0.4, 0.5) is 11.4 Å². The Hall–Kier alpha value is -3.78. The summed E-state index contributed by atoms with van der Waals surface area (Å²) in [4.78, 5) is 39.9. The summed E-state index contributed by atoms with van der Waals surface area (Å²) >= 11 is 0. The van der Waals surface area contributed by atoms with Gasteiger partial charge in [0.15, 0.2) is 0 Å². The molecule has 0 radical (unpaired) electrons. The molecule has 0 aliphatic carbocycles. The molecule has 0 saturated heterocycles. The van der Waals surface area contributed by atoms with Crippen LogP contribution in [0.2, 0.25) is 0 Å². The lowest BCUT2D eigenvalue weighted by molar-refractivity contribution is -0.129. The Kier molecular flexibility index (Phi) is 8.90. The average molecular weight is 449 g/mol. The second kappa shape index (κ2) is 12.3. The molecule has 0 unspecified atom stereocenters. The molecule has 8 nitrogen and oxygen atoms in total. The molecule has 3 amide bonds. The van der Waals surface area contributed by atoms with E-state index in [2.05, 4.69) is 15.6 Å². The zero-order valence-corrected chi connectivity index (χ0v) is 18.3. The van der Waals surface area contributed by atoms with Gasteiger partial charge in [-0.2, -0.15) is 0 Å². The number of fused-ring (bicyclic) bond motifs is 1. The van der Waals surface area contributed by atoms with Crippen molar-refractivity contribution in [3.05, 3.63) is 66.4 Å². The van der Waals surface area contributed by atoms with Gasteiger partial charge in [-0.05, 0) is 42.7 Å². The molecule has 2 aromatic carbocycles. The quantitative estimate of drug-likeness (QED) is 0.199. The molecule has 0 spiro atoms. The number of amides is 3. The molecule has 172 valence electrons. The van der Waals surface area contributed by atoms with Gasteiger partial charge in [-0.15, -0.1) is 0 Å². The highest BCUT2D eigenvalue weighted by Gasteiger charge is 2.09. The van der Waals surface area contributed by atoms with Crippen LogP contribution in [0.3, 0.4) is 0 Å². The maximum Gasteiger partial charge on any atom is 0.243 e. The molecule has 3 aromatic rings. The summed E-state index contributed by atoms with van der Waals surface area (Å²) in [6, 6.07) is 16.7. The van der Waals surface area contributed by atoms with Crippen molar-refractivity contribution in [1.29, 1.82) is 0 Å². The van der Waals surface area contributed by atoms with Crippen molar-refractivity contribution in [2.45, 2.75) is 44.9 Å². The summed E-state index contributed by atoms with van der Waals surface area (Å²) in [5.41, 5.74) is 4.56. The Morgan fingerprint density at radius 3 is 2.18 bits per heavy atom. The van der Waals surface area contributed by atoms with E-state index in [0.29, 0.717) is 24.2 Å². The largest absolute Gasteiger partial charge is 0.326 e. The van der Waals surface area contributed by atoms with Crippen molar-refractivity contribution >= 4 is 40.0 Å². The molecule has 8 heteroatoms. The molecule has 0 saturated carbocycles. The topological polar surface area (TPSA) is 120 Å². The van der Waals surface area contributed by atoms with Crippen LogP contribution >= 0.6 is 0 Å². The van der Waals surface area contributed by atoms with E-state index in [9.17, 15) is 14.4 Å². The van der Waals surface area contributed by atoms with Gasteiger partial charge in [0.1, 0.15) is 0 Å². The summed E-state index contributed by atoms with van der Waals surface area (Å²) < 4.78 is 0. The zero-order valence-electron chi connectivity index (χ0n) is 18.3. The van der Waals surface area contributed by atoms with Crippen molar-refractivity contribution in [2.75, 3.05) is 10.6 Å². The number of carbonyl (C=O) groups is 3. The lowest BCUT2D eigenvalue weighted by Crippen LogP contribution is -2.17. The van der Waals surface area contributed by atoms with Gasteiger partial charge in [0.25, 0.3) is 0 Å². The Morgan fingerprint density at radius 2 is 1.45 bits per heavy atom. The van der Waals surface area contributed by atoms with Crippen LogP contribution in [0, 0.1) is 0 Å². The second-order valence-corrected chi connectivity index (χ2v) is 7.80. The number of nitrogens with one attached hydrogen (secondary N) is 3. The molecule has 1 aromatic heterocycles. The molecule has 3 rings (SSSR count). The molecule has 0 fully saturated rings. The second-order valence-electron chi connectivity index (χ2n) is 7.80. The number of pyridine rings is 1. The highest BCUT2D eigenvalue weighted by atomic mass is 16.5. The van der Waals surface area contributed by atoms with E-state index < -0.39 is 0 Å². The molecule has 33 heavy (non-hydrogen) atoms. The minimum absolute atomic E-state index is 0.0722. The minimum Gasteiger partial charge on any atom is -0.326 e. The third-order valence-corrected chi connectivity index (χ3v) is 5.19. The van der Waals surface area contributed by atoms with Crippen molar-refractivity contribution in [3.63, 3.8) is 0 Å². The van der Waals surface area contributed by atoms with E-state index in [1.54, 1.807) is 23.8 Å². The number of benzene rings is 2. The average Bonchev–Trinajstić information content (AvgIpc) is 2.82. The van der Waals surface area contributed by atoms with E-state index >= 15 is 0 Å². The van der Waals surface area contributed by atoms with E-state index in [-0.39, 0.29) is 30.6 Å². The lowest BCUT2D eigenvalue weighted by Gasteiger charge is -2.09. The van der Waals surface area contributed by atoms with Gasteiger partial charge in [-0.1, -0.05) is 43.2 Å². The van der Waals surface area contributed by atoms with Gasteiger partial charge in [0.2, 0.25) is 17.7 Å². The fourth-order valence-corrected chi connectivity index (χ4v) is 3.49. The number of aromatic nitrogens is 1. The summed E-state index contributed by atoms with van der Waals surface area (Å²) in [6.45, 7) is 0. The standard InChI is InChI=1S/C25H28N4O4/c30-22(10-3-1-2-4-11-23(31)29-33)27-20-14-12-18(13-15-20)17-24(32)28-21-9-5-7-19-8-6-16-26-25(19)21/h5-9,12-16,33H,1-4,10-11,17H2,(H,27,30)(H,28,32)(H,29,31). The first-order valence-corrected chi connectivity index (χ1v) is 11.0. The zero-order chi connectivity index (χ0) is 23.5. The van der Waals surface area contributed by atoms with E-state index in [1.165, 1.54) is 0 Å². The summed E-state index contributed by atoms with van der Waals surface area (Å²) in [7, 11) is 0. The molecule has 0 bridgehead atoms. The number of rotatable bonds is 11. The summed E-state index contributed by atoms with van der Waals surface area (Å²) in [5, 5.41) is 15.2. The van der Waals surface area contributed by atoms with Crippen LogP contribution in [0.5, 0.6) is 0 Å². The van der Waals surface area contributed by atoms with E-state index in [1.807, 2.05) is 42.5 Å². The Bertz CT molecular complexity index is 1090. The lowest BCUT2D eigenvalue weighted by atomic mass is 10.1. The van der Waals surface area contributed by atoms with Crippen molar-refractivity contribution in [1.82, 2.24) is 10.5 Å². The van der Waals surface area contributed by atoms with Crippen LogP contribution < -0.4 is 16.1 Å². The first kappa shape index (κ1) is 23.9. The Balaban J connectivity index is 1.41. The third kappa shape index (κ3) is 7.69. The summed E-state index contributed by atoms with van der Waals surface area (Å²) in [6.07, 6.45) is 5.67. The van der Waals surface area contributed by atoms with Crippen LogP contribution in [0.25, 0.3) is 10.9 Å². The highest BCUT2D eigenvalue weighted by molar-refractivity contribution is 6.00. The number of para-hydroxylation sites is 1. The Morgan fingerprint density at radius 1 is 0.758 bits per heavy atom. The molecule has 1 heterocycles. The molecule has 0 atom stereocenters. The predicted molar refractivity (Wildman–Crippen MR) is 127 cm³/mol. The van der Waals surface area contributed by atoms with Crippen molar-refractivity contribution in [3.8, 4) is 0 Å².